The van der Waals surface area contributed by atoms with Crippen LogP contribution >= 0.6 is 11.8 Å². The summed E-state index contributed by atoms with van der Waals surface area (Å²) in [5, 5.41) is 0.780. The highest BCUT2D eigenvalue weighted by Gasteiger charge is 2.33. The van der Waals surface area contributed by atoms with Gasteiger partial charge in [-0.2, -0.15) is 4.98 Å². The van der Waals surface area contributed by atoms with Crippen molar-refractivity contribution in [1.82, 2.24) is 14.5 Å². The number of amides is 1. The van der Waals surface area contributed by atoms with E-state index in [4.69, 9.17) is 4.74 Å². The van der Waals surface area contributed by atoms with E-state index in [2.05, 4.69) is 16.5 Å². The predicted molar refractivity (Wildman–Crippen MR) is 141 cm³/mol. The molecule has 1 fully saturated rings. The molecule has 0 bridgehead atoms. The van der Waals surface area contributed by atoms with Crippen LogP contribution in [0.1, 0.15) is 18.5 Å². The minimum Gasteiger partial charge on any atom is -0.383 e. The van der Waals surface area contributed by atoms with E-state index in [-0.39, 0.29) is 23.6 Å². The third-order valence-electron chi connectivity index (χ3n) is 7.07. The molecule has 3 heterocycles. The van der Waals surface area contributed by atoms with Crippen molar-refractivity contribution in [2.24, 2.45) is 0 Å². The van der Waals surface area contributed by atoms with Crippen molar-refractivity contribution in [1.29, 1.82) is 0 Å². The minimum atomic E-state index is -0.655. The first-order chi connectivity index (χ1) is 17.7. The van der Waals surface area contributed by atoms with Crippen LogP contribution in [0.15, 0.2) is 46.6 Å². The van der Waals surface area contributed by atoms with Gasteiger partial charge in [-0.05, 0) is 43.7 Å². The average molecular weight is 527 g/mol. The summed E-state index contributed by atoms with van der Waals surface area (Å²) in [5.41, 5.74) is 2.00. The number of hydrogen-bond acceptors (Lipinski definition) is 6. The van der Waals surface area contributed by atoms with Gasteiger partial charge in [-0.25, -0.2) is 13.6 Å². The third-order valence-corrected chi connectivity index (χ3v) is 8.31. The zero-order valence-electron chi connectivity index (χ0n) is 21.0. The number of nitrogens with zero attached hydrogens (tertiary/aromatic N) is 4. The molecule has 0 N–H and O–H groups in total. The summed E-state index contributed by atoms with van der Waals surface area (Å²) in [5.74, 6) is -0.333. The molecular weight excluding hydrogens is 498 g/mol. The first kappa shape index (κ1) is 25.4. The van der Waals surface area contributed by atoms with E-state index < -0.39 is 17.3 Å². The number of piperazine rings is 1. The van der Waals surface area contributed by atoms with Crippen LogP contribution in [-0.4, -0.2) is 65.5 Å². The van der Waals surface area contributed by atoms with E-state index in [1.54, 1.807) is 16.6 Å². The second-order valence-corrected chi connectivity index (χ2v) is 10.5. The van der Waals surface area contributed by atoms with Crippen LogP contribution in [0.4, 0.5) is 14.6 Å². The normalized spacial score (nSPS) is 19.4. The number of rotatable bonds is 5. The number of methoxy groups -OCH3 is 1. The molecule has 0 unspecified atom stereocenters. The maximum atomic E-state index is 15.0. The van der Waals surface area contributed by atoms with Crippen LogP contribution in [0.3, 0.4) is 0 Å². The monoisotopic (exact) mass is 526 g/mol. The number of anilines is 1. The van der Waals surface area contributed by atoms with Gasteiger partial charge in [0, 0.05) is 66.0 Å². The predicted octanol–water partition coefficient (Wildman–Crippen LogP) is 4.17. The van der Waals surface area contributed by atoms with Crippen LogP contribution in [0.2, 0.25) is 0 Å². The average Bonchev–Trinajstić information content (AvgIpc) is 2.87. The lowest BCUT2D eigenvalue weighted by Crippen LogP contribution is -2.54. The maximum Gasteiger partial charge on any atom is 0.350 e. The number of hydrogen-bond donors (Lipinski definition) is 0. The summed E-state index contributed by atoms with van der Waals surface area (Å²) < 4.78 is 35.8. The van der Waals surface area contributed by atoms with E-state index in [0.29, 0.717) is 48.9 Å². The Balaban J connectivity index is 1.75. The van der Waals surface area contributed by atoms with Gasteiger partial charge in [-0.15, -0.1) is 11.8 Å². The second kappa shape index (κ2) is 9.90. The fourth-order valence-electron chi connectivity index (χ4n) is 5.38. The Kier molecular flexibility index (Phi) is 6.80. The van der Waals surface area contributed by atoms with Gasteiger partial charge in [-0.1, -0.05) is 6.58 Å². The molecule has 0 radical (unpaired) electrons. The van der Waals surface area contributed by atoms with Crippen molar-refractivity contribution in [2.75, 3.05) is 44.0 Å². The highest BCUT2D eigenvalue weighted by atomic mass is 32.2. The van der Waals surface area contributed by atoms with Crippen molar-refractivity contribution >= 4 is 34.4 Å². The Morgan fingerprint density at radius 1 is 1.30 bits per heavy atom. The molecule has 2 atom stereocenters. The van der Waals surface area contributed by atoms with Crippen molar-refractivity contribution in [2.45, 2.75) is 30.8 Å². The van der Waals surface area contributed by atoms with E-state index in [1.807, 2.05) is 19.9 Å². The molecule has 2 aliphatic rings. The van der Waals surface area contributed by atoms with Crippen molar-refractivity contribution in [3.8, 4) is 11.1 Å². The fourth-order valence-corrected chi connectivity index (χ4v) is 6.75. The van der Waals surface area contributed by atoms with Gasteiger partial charge in [0.05, 0.1) is 18.2 Å². The Labute approximate surface area is 217 Å². The molecule has 10 heteroatoms. The maximum absolute atomic E-state index is 15.0. The lowest BCUT2D eigenvalue weighted by atomic mass is 9.96. The molecule has 5 rings (SSSR count). The summed E-state index contributed by atoms with van der Waals surface area (Å²) in [4.78, 5) is 34.8. The topological polar surface area (TPSA) is 67.7 Å². The number of aryl methyl sites for hydroxylation is 1. The van der Waals surface area contributed by atoms with Gasteiger partial charge < -0.3 is 14.5 Å². The van der Waals surface area contributed by atoms with Gasteiger partial charge in [0.15, 0.2) is 0 Å². The zero-order chi connectivity index (χ0) is 26.4. The van der Waals surface area contributed by atoms with Gasteiger partial charge in [0.2, 0.25) is 5.91 Å². The standard InChI is InChI=1S/C27H28F2N4O3S/c1-5-22(34)31-8-9-32(16(3)12-31)26-20-10-15(2)23(19-7-6-17(28)11-21(19)29)25-24(20)33(27(35)30-26)18(13-36-4)14-37-25/h5-7,10-11,16,18H,1,8-9,12-14H2,2-4H3/t16-,18-/m0/s1. The van der Waals surface area contributed by atoms with Crippen LogP contribution < -0.4 is 10.6 Å². The summed E-state index contributed by atoms with van der Waals surface area (Å²) >= 11 is 1.54. The van der Waals surface area contributed by atoms with Crippen molar-refractivity contribution in [3.05, 3.63) is 64.6 Å². The SMILES string of the molecule is C=CC(=O)N1CCN(c2nc(=O)n3c4c(c(-c5ccc(F)cc5F)c(C)cc24)SC[C@@H]3COC)[C@@H](C)C1. The van der Waals surface area contributed by atoms with Gasteiger partial charge >= 0.3 is 5.69 Å². The first-order valence-electron chi connectivity index (χ1n) is 12.1. The molecule has 0 saturated carbocycles. The largest absolute Gasteiger partial charge is 0.383 e. The molecule has 194 valence electrons. The van der Waals surface area contributed by atoms with Crippen LogP contribution in [0.25, 0.3) is 22.0 Å². The number of aromatic nitrogens is 2. The van der Waals surface area contributed by atoms with E-state index >= 15 is 0 Å². The highest BCUT2D eigenvalue weighted by molar-refractivity contribution is 7.99. The molecular formula is C27H28F2N4O3S. The van der Waals surface area contributed by atoms with Gasteiger partial charge in [-0.3, -0.25) is 9.36 Å². The molecule has 0 spiro atoms. The molecule has 0 aliphatic carbocycles. The number of benzene rings is 2. The highest BCUT2D eigenvalue weighted by Crippen LogP contribution is 2.46. The Hall–Kier alpha value is -3.24. The quantitative estimate of drug-likeness (QED) is 0.465. The molecule has 1 aromatic heterocycles. The molecule has 7 nitrogen and oxygen atoms in total. The van der Waals surface area contributed by atoms with E-state index in [9.17, 15) is 18.4 Å². The number of carbonyl (C=O) groups is 1. The molecule has 2 aliphatic heterocycles. The summed E-state index contributed by atoms with van der Waals surface area (Å²) in [6, 6.07) is 5.16. The lowest BCUT2D eigenvalue weighted by Gasteiger charge is -2.41. The number of ether oxygens (including phenoxy) is 1. The number of halogens is 2. The van der Waals surface area contributed by atoms with Crippen LogP contribution in [0.5, 0.6) is 0 Å². The Morgan fingerprint density at radius 2 is 2.08 bits per heavy atom. The molecule has 1 saturated heterocycles. The van der Waals surface area contributed by atoms with E-state index in [0.717, 1.165) is 21.9 Å². The number of thioether (sulfide) groups is 1. The van der Waals surface area contributed by atoms with Crippen LogP contribution in [-0.2, 0) is 9.53 Å². The van der Waals surface area contributed by atoms with E-state index in [1.165, 1.54) is 30.0 Å². The van der Waals surface area contributed by atoms with Gasteiger partial charge in [0.1, 0.15) is 17.5 Å². The van der Waals surface area contributed by atoms with Crippen molar-refractivity contribution < 1.29 is 18.3 Å². The first-order valence-corrected chi connectivity index (χ1v) is 13.1. The lowest BCUT2D eigenvalue weighted by molar-refractivity contribution is -0.126. The summed E-state index contributed by atoms with van der Waals surface area (Å²) in [7, 11) is 1.59. The van der Waals surface area contributed by atoms with Crippen LogP contribution in [0, 0.1) is 18.6 Å². The number of carbonyl (C=O) groups excluding carboxylic acids is 1. The smallest absolute Gasteiger partial charge is 0.350 e. The zero-order valence-corrected chi connectivity index (χ0v) is 21.8. The van der Waals surface area contributed by atoms with Gasteiger partial charge in [0.25, 0.3) is 0 Å². The van der Waals surface area contributed by atoms with Crippen molar-refractivity contribution in [3.63, 3.8) is 0 Å². The second-order valence-electron chi connectivity index (χ2n) is 9.46. The summed E-state index contributed by atoms with van der Waals surface area (Å²) in [6.07, 6.45) is 1.31. The fraction of sp³-hybridized carbons (Fsp3) is 0.370. The Bertz CT molecular complexity index is 1470. The molecule has 1 amide bonds. The molecule has 37 heavy (non-hydrogen) atoms. The summed E-state index contributed by atoms with van der Waals surface area (Å²) in [6.45, 7) is 9.25. The Morgan fingerprint density at radius 3 is 2.76 bits per heavy atom. The third kappa shape index (κ3) is 4.31. The molecule has 3 aromatic rings. The minimum absolute atomic E-state index is 0.0908. The molecule has 2 aromatic carbocycles.